The molecule has 1 saturated heterocycles. The maximum absolute atomic E-state index is 13.5. The van der Waals surface area contributed by atoms with E-state index in [1.807, 2.05) is 32.9 Å². The van der Waals surface area contributed by atoms with Gasteiger partial charge in [0.15, 0.2) is 0 Å². The van der Waals surface area contributed by atoms with Crippen LogP contribution in [0.1, 0.15) is 80.9 Å². The van der Waals surface area contributed by atoms with Crippen LogP contribution in [0.4, 0.5) is 5.69 Å². The molecule has 1 N–H and O–H groups in total. The smallest absolute Gasteiger partial charge is 0.238 e. The van der Waals surface area contributed by atoms with Crippen LogP contribution in [0.15, 0.2) is 53.1 Å². The van der Waals surface area contributed by atoms with Crippen LogP contribution in [0, 0.1) is 32.6 Å². The molecule has 1 aliphatic heterocycles. The molecule has 1 fully saturated rings. The molecule has 0 radical (unpaired) electrons. The van der Waals surface area contributed by atoms with E-state index < -0.39 is 0 Å². The number of amides is 1. The molecule has 1 amide bonds. The number of anilines is 1. The molecule has 1 aliphatic carbocycles. The first kappa shape index (κ1) is 33.9. The van der Waals surface area contributed by atoms with E-state index in [1.165, 1.54) is 12.0 Å². The predicted molar refractivity (Wildman–Crippen MR) is 201 cm³/mol. The van der Waals surface area contributed by atoms with Gasteiger partial charge in [0.25, 0.3) is 0 Å². The molecule has 3 unspecified atom stereocenters. The van der Waals surface area contributed by atoms with E-state index in [4.69, 9.17) is 19.2 Å². The van der Waals surface area contributed by atoms with E-state index in [-0.39, 0.29) is 11.8 Å². The SMILES string of the molecule is CCC1Cc2cc(-c3c(C)noc3C)c(OC)cc2-c2c(-c3ccc(NC(=O)CN4CCCC(C)C(C)CC4)c4ccccc34)nc(C)nc21. The quantitative estimate of drug-likeness (QED) is 0.184. The van der Waals surface area contributed by atoms with E-state index in [0.717, 1.165) is 123 Å². The standard InChI is InChI=1S/C42H49N5O3/c1-8-29-20-30-21-35(39-26(4)46-50-27(39)5)37(49-7)22-34(30)40-41(29)43-28(6)44-42(40)33-15-16-36(32-14-10-9-13-31(32)33)45-38(48)23-47-18-11-12-24(2)25(3)17-19-47/h9-10,13-16,21-22,24-25,29H,8,11-12,17-20,23H2,1-7H3,(H,45,48). The fraction of sp³-hybridized carbons (Fsp3) is 0.429. The van der Waals surface area contributed by atoms with Crippen molar-refractivity contribution in [2.45, 2.75) is 79.6 Å². The lowest BCUT2D eigenvalue weighted by molar-refractivity contribution is -0.117. The van der Waals surface area contributed by atoms with Crippen molar-refractivity contribution in [1.82, 2.24) is 20.0 Å². The zero-order valence-corrected chi connectivity index (χ0v) is 30.5. The van der Waals surface area contributed by atoms with Gasteiger partial charge in [0, 0.05) is 33.7 Å². The number of rotatable bonds is 7. The Labute approximate surface area is 295 Å². The Hall–Kier alpha value is -4.56. The molecule has 7 rings (SSSR count). The Bertz CT molecular complexity index is 2050. The van der Waals surface area contributed by atoms with Crippen LogP contribution in [0.2, 0.25) is 0 Å². The van der Waals surface area contributed by atoms with Crippen LogP contribution >= 0.6 is 0 Å². The molecule has 0 spiro atoms. The average molecular weight is 672 g/mol. The number of fused-ring (bicyclic) bond motifs is 4. The van der Waals surface area contributed by atoms with E-state index in [1.54, 1.807) is 7.11 Å². The number of aryl methyl sites for hydroxylation is 3. The van der Waals surface area contributed by atoms with E-state index >= 15 is 0 Å². The second kappa shape index (κ2) is 14.0. The summed E-state index contributed by atoms with van der Waals surface area (Å²) in [5, 5.41) is 9.53. The lowest BCUT2D eigenvalue weighted by atomic mass is 9.77. The molecule has 50 heavy (non-hydrogen) atoms. The fourth-order valence-corrected chi connectivity index (χ4v) is 8.18. The van der Waals surface area contributed by atoms with Crippen molar-refractivity contribution >= 4 is 22.4 Å². The number of aromatic nitrogens is 3. The predicted octanol–water partition coefficient (Wildman–Crippen LogP) is 9.30. The van der Waals surface area contributed by atoms with Crippen LogP contribution in [0.3, 0.4) is 0 Å². The lowest BCUT2D eigenvalue weighted by Crippen LogP contribution is -2.37. The summed E-state index contributed by atoms with van der Waals surface area (Å²) in [7, 11) is 1.71. The van der Waals surface area contributed by atoms with Gasteiger partial charge in [0.05, 0.1) is 36.3 Å². The van der Waals surface area contributed by atoms with E-state index in [2.05, 4.69) is 72.5 Å². The molecule has 2 aromatic heterocycles. The molecule has 8 nitrogen and oxygen atoms in total. The van der Waals surface area contributed by atoms with Crippen molar-refractivity contribution < 1.29 is 14.1 Å². The van der Waals surface area contributed by atoms with Crippen LogP contribution < -0.4 is 10.1 Å². The van der Waals surface area contributed by atoms with Gasteiger partial charge in [0.1, 0.15) is 17.3 Å². The highest BCUT2D eigenvalue weighted by Crippen LogP contribution is 2.49. The van der Waals surface area contributed by atoms with E-state index in [9.17, 15) is 4.79 Å². The summed E-state index contributed by atoms with van der Waals surface area (Å²) >= 11 is 0. The van der Waals surface area contributed by atoms with Crippen molar-refractivity contribution in [3.8, 4) is 39.3 Å². The molecular weight excluding hydrogens is 622 g/mol. The molecule has 260 valence electrons. The molecule has 3 aromatic carbocycles. The van der Waals surface area contributed by atoms with Crippen molar-refractivity contribution in [1.29, 1.82) is 0 Å². The first-order valence-electron chi connectivity index (χ1n) is 18.2. The first-order chi connectivity index (χ1) is 24.2. The number of carbonyl (C=O) groups excluding carboxylic acids is 1. The maximum Gasteiger partial charge on any atom is 0.238 e. The molecule has 0 saturated carbocycles. The number of nitrogens with one attached hydrogen (secondary N) is 1. The van der Waals surface area contributed by atoms with Gasteiger partial charge in [-0.25, -0.2) is 9.97 Å². The van der Waals surface area contributed by atoms with E-state index in [0.29, 0.717) is 12.5 Å². The van der Waals surface area contributed by atoms with Gasteiger partial charge in [-0.2, -0.15) is 0 Å². The molecule has 3 atom stereocenters. The summed E-state index contributed by atoms with van der Waals surface area (Å²) in [5.74, 6) is 3.97. The van der Waals surface area contributed by atoms with Gasteiger partial charge in [-0.3, -0.25) is 9.69 Å². The molecule has 8 heteroatoms. The minimum absolute atomic E-state index is 0.0281. The van der Waals surface area contributed by atoms with Gasteiger partial charge >= 0.3 is 0 Å². The number of nitrogens with zero attached hydrogens (tertiary/aromatic N) is 4. The Morgan fingerprint density at radius 3 is 2.46 bits per heavy atom. The first-order valence-corrected chi connectivity index (χ1v) is 18.2. The third kappa shape index (κ3) is 6.30. The summed E-state index contributed by atoms with van der Waals surface area (Å²) in [6.07, 6.45) is 5.31. The number of benzene rings is 3. The highest BCUT2D eigenvalue weighted by molar-refractivity contribution is 6.09. The second-order valence-electron chi connectivity index (χ2n) is 14.5. The van der Waals surface area contributed by atoms with Gasteiger partial charge in [-0.1, -0.05) is 56.3 Å². The highest BCUT2D eigenvalue weighted by Gasteiger charge is 2.32. The third-order valence-electron chi connectivity index (χ3n) is 11.2. The van der Waals surface area contributed by atoms with Crippen molar-refractivity contribution in [2.75, 3.05) is 32.1 Å². The number of carbonyl (C=O) groups is 1. The summed E-state index contributed by atoms with van der Waals surface area (Å²) < 4.78 is 11.6. The highest BCUT2D eigenvalue weighted by atomic mass is 16.5. The van der Waals surface area contributed by atoms with Crippen molar-refractivity contribution in [3.63, 3.8) is 0 Å². The summed E-state index contributed by atoms with van der Waals surface area (Å²) in [5.41, 5.74) is 9.99. The number of ether oxygens (including phenoxy) is 1. The normalized spacial score (nSPS) is 19.4. The van der Waals surface area contributed by atoms with Gasteiger partial charge in [-0.15, -0.1) is 0 Å². The minimum atomic E-state index is 0.0281. The number of likely N-dealkylation sites (tertiary alicyclic amines) is 1. The topological polar surface area (TPSA) is 93.4 Å². The summed E-state index contributed by atoms with van der Waals surface area (Å²) in [6.45, 7) is 15.2. The Morgan fingerprint density at radius 1 is 0.940 bits per heavy atom. The van der Waals surface area contributed by atoms with Gasteiger partial charge in [-0.05, 0) is 113 Å². The number of methoxy groups -OCH3 is 1. The van der Waals surface area contributed by atoms with Crippen molar-refractivity contribution in [3.05, 3.63) is 77.1 Å². The summed E-state index contributed by atoms with van der Waals surface area (Å²) in [4.78, 5) is 26.0. The molecule has 5 aromatic rings. The molecular formula is C42H49N5O3. The van der Waals surface area contributed by atoms with Crippen LogP contribution in [-0.4, -0.2) is 52.7 Å². The lowest BCUT2D eigenvalue weighted by Gasteiger charge is -2.30. The maximum atomic E-state index is 13.5. The average Bonchev–Trinajstić information content (AvgIpc) is 3.45. The Morgan fingerprint density at radius 2 is 1.72 bits per heavy atom. The fourth-order valence-electron chi connectivity index (χ4n) is 8.18. The zero-order valence-electron chi connectivity index (χ0n) is 30.5. The summed E-state index contributed by atoms with van der Waals surface area (Å²) in [6, 6.07) is 16.9. The minimum Gasteiger partial charge on any atom is -0.496 e. The zero-order chi connectivity index (χ0) is 35.1. The molecule has 3 heterocycles. The van der Waals surface area contributed by atoms with Crippen LogP contribution in [0.5, 0.6) is 5.75 Å². The Balaban J connectivity index is 1.30. The van der Waals surface area contributed by atoms with Crippen LogP contribution in [0.25, 0.3) is 44.3 Å². The molecule has 0 bridgehead atoms. The van der Waals surface area contributed by atoms with Crippen LogP contribution in [-0.2, 0) is 11.2 Å². The monoisotopic (exact) mass is 671 g/mol. The van der Waals surface area contributed by atoms with Gasteiger partial charge < -0.3 is 14.6 Å². The van der Waals surface area contributed by atoms with Gasteiger partial charge in [0.2, 0.25) is 5.91 Å². The second-order valence-corrected chi connectivity index (χ2v) is 14.5. The number of hydrogen-bond donors (Lipinski definition) is 1. The number of hydrogen-bond acceptors (Lipinski definition) is 7. The van der Waals surface area contributed by atoms with Crippen molar-refractivity contribution in [2.24, 2.45) is 11.8 Å². The largest absolute Gasteiger partial charge is 0.496 e. The third-order valence-corrected chi connectivity index (χ3v) is 11.2. The Kier molecular flexibility index (Phi) is 9.49. The molecule has 2 aliphatic rings.